The van der Waals surface area contributed by atoms with Crippen molar-refractivity contribution < 1.29 is 9.53 Å². The van der Waals surface area contributed by atoms with Gasteiger partial charge in [-0.2, -0.15) is 5.10 Å². The largest absolute Gasteiger partial charge is 0.381 e. The molecule has 2 aliphatic rings. The van der Waals surface area contributed by atoms with E-state index in [1.54, 1.807) is 6.20 Å². The number of fused-ring (bicyclic) bond motifs is 3. The highest BCUT2D eigenvalue weighted by molar-refractivity contribution is 6.07. The molecular formula is C26H35N5O3. The summed E-state index contributed by atoms with van der Waals surface area (Å²) in [6.45, 7) is 8.15. The summed E-state index contributed by atoms with van der Waals surface area (Å²) in [5.41, 5.74) is 3.01. The number of likely N-dealkylation sites (N-methyl/N-ethyl adjacent to an activating group) is 1. The minimum atomic E-state index is -0.142. The number of aromatic amines is 1. The van der Waals surface area contributed by atoms with E-state index in [1.807, 2.05) is 28.6 Å². The third kappa shape index (κ3) is 4.14. The molecule has 1 N–H and O–H groups in total. The van der Waals surface area contributed by atoms with Crippen LogP contribution < -0.4 is 5.56 Å². The number of nitrogens with zero attached hydrogens (tertiary/aromatic N) is 4. The van der Waals surface area contributed by atoms with Crippen LogP contribution in [0.4, 0.5) is 0 Å². The maximum absolute atomic E-state index is 13.6. The zero-order valence-electron chi connectivity index (χ0n) is 20.5. The minimum Gasteiger partial charge on any atom is -0.381 e. The third-order valence-corrected chi connectivity index (χ3v) is 7.61. The monoisotopic (exact) mass is 465 g/mol. The van der Waals surface area contributed by atoms with Crippen LogP contribution in [0.15, 0.2) is 23.1 Å². The molecule has 0 saturated carbocycles. The van der Waals surface area contributed by atoms with E-state index in [1.165, 1.54) is 12.8 Å². The van der Waals surface area contributed by atoms with Crippen molar-refractivity contribution in [1.82, 2.24) is 24.6 Å². The summed E-state index contributed by atoms with van der Waals surface area (Å²) < 4.78 is 7.51. The Hall–Kier alpha value is -2.71. The maximum Gasteiger partial charge on any atom is 0.259 e. The first-order valence-corrected chi connectivity index (χ1v) is 12.6. The Labute approximate surface area is 199 Å². The predicted octanol–water partition coefficient (Wildman–Crippen LogP) is 3.48. The quantitative estimate of drug-likeness (QED) is 0.603. The number of hydrogen-bond donors (Lipinski definition) is 1. The standard InChI is InChI=1S/C26H35N5O3/c1-4-5-9-29(3)19-6-10-30(16-19)26(33)20-14-21-23(13-17(20)2)28-25(32)22-15-27-31(24(21)22)18-7-11-34-12-8-18/h13-15,18-19H,4-12,16H2,1-3H3,(H,28,32)/t19-/m0/s1. The van der Waals surface area contributed by atoms with Crippen molar-refractivity contribution in [2.24, 2.45) is 0 Å². The number of unbranched alkanes of at least 4 members (excludes halogenated alkanes) is 1. The SMILES string of the molecule is CCCCN(C)[C@H]1CCN(C(=O)c2cc3c(cc2C)[nH]c(=O)c2cnn(C4CCOCC4)c23)C1. The summed E-state index contributed by atoms with van der Waals surface area (Å²) in [6.07, 6.45) is 6.75. The van der Waals surface area contributed by atoms with Gasteiger partial charge in [-0.15, -0.1) is 0 Å². The van der Waals surface area contributed by atoms with E-state index >= 15 is 0 Å². The Kier molecular flexibility index (Phi) is 6.44. The molecule has 3 aromatic rings. The number of ether oxygens (including phenoxy) is 1. The maximum atomic E-state index is 13.6. The number of carbonyl (C=O) groups excluding carboxylic acids is 1. The molecule has 1 aromatic carbocycles. The van der Waals surface area contributed by atoms with Gasteiger partial charge < -0.3 is 19.5 Å². The van der Waals surface area contributed by atoms with Gasteiger partial charge in [-0.05, 0) is 63.9 Å². The second-order valence-electron chi connectivity index (χ2n) is 9.89. The molecule has 182 valence electrons. The van der Waals surface area contributed by atoms with E-state index in [0.29, 0.717) is 30.2 Å². The van der Waals surface area contributed by atoms with Gasteiger partial charge >= 0.3 is 0 Å². The minimum absolute atomic E-state index is 0.0715. The fourth-order valence-electron chi connectivity index (χ4n) is 5.48. The lowest BCUT2D eigenvalue weighted by molar-refractivity contribution is 0.0675. The summed E-state index contributed by atoms with van der Waals surface area (Å²) in [4.78, 5) is 33.8. The van der Waals surface area contributed by atoms with Crippen LogP contribution in [0.2, 0.25) is 0 Å². The van der Waals surface area contributed by atoms with E-state index < -0.39 is 0 Å². The fourth-order valence-corrected chi connectivity index (χ4v) is 5.48. The number of carbonyl (C=O) groups is 1. The first-order chi connectivity index (χ1) is 16.5. The predicted molar refractivity (Wildman–Crippen MR) is 134 cm³/mol. The molecule has 5 rings (SSSR count). The molecule has 8 nitrogen and oxygen atoms in total. The Morgan fingerprint density at radius 3 is 2.79 bits per heavy atom. The topological polar surface area (TPSA) is 83.5 Å². The van der Waals surface area contributed by atoms with Crippen LogP contribution in [-0.4, -0.2) is 76.4 Å². The summed E-state index contributed by atoms with van der Waals surface area (Å²) in [5.74, 6) is 0.0715. The molecule has 2 saturated heterocycles. The number of pyridine rings is 1. The van der Waals surface area contributed by atoms with E-state index in [2.05, 4.69) is 29.0 Å². The van der Waals surface area contributed by atoms with Gasteiger partial charge in [-0.1, -0.05) is 13.3 Å². The van der Waals surface area contributed by atoms with Crippen molar-refractivity contribution in [2.45, 2.75) is 58.0 Å². The van der Waals surface area contributed by atoms with Crippen molar-refractivity contribution in [2.75, 3.05) is 39.9 Å². The summed E-state index contributed by atoms with van der Waals surface area (Å²) in [5, 5.41) is 6.05. The molecule has 0 bridgehead atoms. The lowest BCUT2D eigenvalue weighted by Crippen LogP contribution is -2.37. The second-order valence-corrected chi connectivity index (χ2v) is 9.89. The van der Waals surface area contributed by atoms with Crippen molar-refractivity contribution in [3.63, 3.8) is 0 Å². The summed E-state index contributed by atoms with van der Waals surface area (Å²) >= 11 is 0. The zero-order chi connectivity index (χ0) is 23.8. The number of aromatic nitrogens is 3. The van der Waals surface area contributed by atoms with Gasteiger partial charge in [-0.25, -0.2) is 0 Å². The molecule has 0 aliphatic carbocycles. The number of likely N-dealkylation sites (tertiary alicyclic amines) is 1. The number of nitrogens with one attached hydrogen (secondary N) is 1. The molecule has 1 atom stereocenters. The van der Waals surface area contributed by atoms with Crippen molar-refractivity contribution in [3.05, 3.63) is 39.8 Å². The van der Waals surface area contributed by atoms with Gasteiger partial charge in [0.1, 0.15) is 0 Å². The molecule has 2 aromatic heterocycles. The Morgan fingerprint density at radius 1 is 1.24 bits per heavy atom. The van der Waals surface area contributed by atoms with E-state index in [9.17, 15) is 9.59 Å². The highest BCUT2D eigenvalue weighted by Crippen LogP contribution is 2.30. The number of H-pyrrole nitrogens is 1. The van der Waals surface area contributed by atoms with Gasteiger partial charge in [0.25, 0.3) is 11.5 Å². The van der Waals surface area contributed by atoms with Crippen LogP contribution in [-0.2, 0) is 4.74 Å². The van der Waals surface area contributed by atoms with E-state index in [4.69, 9.17) is 4.74 Å². The van der Waals surface area contributed by atoms with Crippen LogP contribution >= 0.6 is 0 Å². The van der Waals surface area contributed by atoms with Crippen LogP contribution in [0.3, 0.4) is 0 Å². The fraction of sp³-hybridized carbons (Fsp3) is 0.577. The third-order valence-electron chi connectivity index (χ3n) is 7.61. The Bertz CT molecular complexity index is 1260. The zero-order valence-corrected chi connectivity index (χ0v) is 20.5. The summed E-state index contributed by atoms with van der Waals surface area (Å²) in [7, 11) is 2.17. The van der Waals surface area contributed by atoms with E-state index in [-0.39, 0.29) is 17.5 Å². The molecule has 0 spiro atoms. The number of amides is 1. The number of rotatable bonds is 6. The molecule has 34 heavy (non-hydrogen) atoms. The second kappa shape index (κ2) is 9.50. The lowest BCUT2D eigenvalue weighted by atomic mass is 10.0. The van der Waals surface area contributed by atoms with Gasteiger partial charge in [-0.3, -0.25) is 14.3 Å². The molecule has 0 unspecified atom stereocenters. The Balaban J connectivity index is 1.51. The van der Waals surface area contributed by atoms with Crippen LogP contribution in [0.5, 0.6) is 0 Å². The van der Waals surface area contributed by atoms with Crippen LogP contribution in [0.25, 0.3) is 21.8 Å². The molecular weight excluding hydrogens is 430 g/mol. The van der Waals surface area contributed by atoms with E-state index in [0.717, 1.165) is 60.9 Å². The molecule has 4 heterocycles. The number of benzene rings is 1. The Morgan fingerprint density at radius 2 is 2.03 bits per heavy atom. The van der Waals surface area contributed by atoms with Crippen LogP contribution in [0, 0.1) is 6.92 Å². The summed E-state index contributed by atoms with van der Waals surface area (Å²) in [6, 6.07) is 4.51. The first kappa shape index (κ1) is 23.1. The molecule has 0 radical (unpaired) electrons. The van der Waals surface area contributed by atoms with Crippen molar-refractivity contribution >= 4 is 27.7 Å². The highest BCUT2D eigenvalue weighted by Gasteiger charge is 2.30. The molecule has 1 amide bonds. The first-order valence-electron chi connectivity index (χ1n) is 12.6. The van der Waals surface area contributed by atoms with Gasteiger partial charge in [0.2, 0.25) is 0 Å². The average molecular weight is 466 g/mol. The molecule has 8 heteroatoms. The smallest absolute Gasteiger partial charge is 0.259 e. The van der Waals surface area contributed by atoms with Gasteiger partial charge in [0, 0.05) is 43.3 Å². The van der Waals surface area contributed by atoms with Gasteiger partial charge in [0.05, 0.1) is 28.7 Å². The number of hydrogen-bond acceptors (Lipinski definition) is 5. The normalized spacial score (nSPS) is 19.6. The van der Waals surface area contributed by atoms with Crippen molar-refractivity contribution in [1.29, 1.82) is 0 Å². The lowest BCUT2D eigenvalue weighted by Gasteiger charge is -2.25. The molecule has 2 fully saturated rings. The van der Waals surface area contributed by atoms with Gasteiger partial charge in [0.15, 0.2) is 0 Å². The van der Waals surface area contributed by atoms with Crippen LogP contribution in [0.1, 0.15) is 61.0 Å². The molecule has 2 aliphatic heterocycles. The average Bonchev–Trinajstić information content (AvgIpc) is 3.51. The van der Waals surface area contributed by atoms with Crippen molar-refractivity contribution in [3.8, 4) is 0 Å². The number of aryl methyl sites for hydroxylation is 1. The highest BCUT2D eigenvalue weighted by atomic mass is 16.5.